The van der Waals surface area contributed by atoms with Crippen molar-refractivity contribution in [1.82, 2.24) is 30.0 Å². The highest BCUT2D eigenvalue weighted by Crippen LogP contribution is 2.16. The second kappa shape index (κ2) is 10.8. The molecule has 0 aliphatic rings. The summed E-state index contributed by atoms with van der Waals surface area (Å²) in [7, 11) is 3.95. The highest BCUT2D eigenvalue weighted by atomic mass is 127. The van der Waals surface area contributed by atoms with Gasteiger partial charge in [0.15, 0.2) is 5.96 Å². The van der Waals surface area contributed by atoms with Crippen LogP contribution in [0.4, 0.5) is 0 Å². The fourth-order valence-electron chi connectivity index (χ4n) is 2.87. The van der Waals surface area contributed by atoms with Crippen LogP contribution in [0, 0.1) is 0 Å². The first-order valence-corrected chi connectivity index (χ1v) is 9.22. The van der Waals surface area contributed by atoms with Gasteiger partial charge in [-0.25, -0.2) is 4.98 Å². The van der Waals surface area contributed by atoms with Crippen LogP contribution in [0.3, 0.4) is 0 Å². The molecule has 0 fully saturated rings. The van der Waals surface area contributed by atoms with Gasteiger partial charge in [0.2, 0.25) is 0 Å². The minimum absolute atomic E-state index is 0. The number of benzene rings is 1. The molecule has 0 radical (unpaired) electrons. The third-order valence-corrected chi connectivity index (χ3v) is 4.22. The number of aromatic amines is 1. The van der Waals surface area contributed by atoms with Gasteiger partial charge in [0.25, 0.3) is 0 Å². The molecule has 0 spiro atoms. The number of nitrogens with zero attached hydrogens (tertiary/aromatic N) is 5. The number of guanidine groups is 1. The van der Waals surface area contributed by atoms with Crippen LogP contribution in [-0.2, 0) is 20.0 Å². The number of hydrogen-bond acceptors (Lipinski definition) is 3. The van der Waals surface area contributed by atoms with E-state index >= 15 is 0 Å². The summed E-state index contributed by atoms with van der Waals surface area (Å²) in [6, 6.07) is 10.2. The average molecular weight is 493 g/mol. The number of nitrogens with one attached hydrogen (secondary N) is 2. The van der Waals surface area contributed by atoms with Crippen LogP contribution in [0.1, 0.15) is 18.3 Å². The number of hydrogen-bond donors (Lipinski definition) is 2. The minimum Gasteiger partial charge on any atom is -0.357 e. The van der Waals surface area contributed by atoms with Crippen LogP contribution >= 0.6 is 24.0 Å². The highest BCUT2D eigenvalue weighted by molar-refractivity contribution is 14.0. The maximum atomic E-state index is 4.73. The van der Waals surface area contributed by atoms with Crippen molar-refractivity contribution in [2.24, 2.45) is 12.0 Å². The van der Waals surface area contributed by atoms with Crippen LogP contribution in [0.25, 0.3) is 11.3 Å². The molecule has 0 bridgehead atoms. The fourth-order valence-corrected chi connectivity index (χ4v) is 2.87. The summed E-state index contributed by atoms with van der Waals surface area (Å²) in [6.45, 7) is 4.27. The van der Waals surface area contributed by atoms with Gasteiger partial charge in [-0.1, -0.05) is 30.3 Å². The van der Waals surface area contributed by atoms with Crippen LogP contribution < -0.4 is 5.32 Å². The second-order valence-corrected chi connectivity index (χ2v) is 6.47. The number of imidazole rings is 1. The van der Waals surface area contributed by atoms with Crippen LogP contribution in [-0.4, -0.2) is 50.7 Å². The van der Waals surface area contributed by atoms with Gasteiger partial charge >= 0.3 is 0 Å². The van der Waals surface area contributed by atoms with E-state index in [1.807, 2.05) is 55.6 Å². The summed E-state index contributed by atoms with van der Waals surface area (Å²) in [5.41, 5.74) is 3.35. The SMILES string of the molecule is CCNC(=NCCc1cnn(C)c1)N(C)Cc1ncc(-c2ccccc2)[nH]1.I. The normalized spacial score (nSPS) is 11.2. The van der Waals surface area contributed by atoms with Crippen molar-refractivity contribution in [3.05, 3.63) is 60.3 Å². The summed E-state index contributed by atoms with van der Waals surface area (Å²) in [6.07, 6.45) is 6.67. The van der Waals surface area contributed by atoms with E-state index in [0.717, 1.165) is 36.0 Å². The van der Waals surface area contributed by atoms with E-state index in [2.05, 4.69) is 44.3 Å². The first-order valence-electron chi connectivity index (χ1n) is 9.22. The third kappa shape index (κ3) is 6.08. The van der Waals surface area contributed by atoms with Gasteiger partial charge in [-0.2, -0.15) is 5.10 Å². The van der Waals surface area contributed by atoms with Gasteiger partial charge < -0.3 is 15.2 Å². The Morgan fingerprint density at radius 1 is 1.25 bits per heavy atom. The Labute approximate surface area is 183 Å². The van der Waals surface area contributed by atoms with E-state index in [0.29, 0.717) is 13.1 Å². The maximum Gasteiger partial charge on any atom is 0.194 e. The molecule has 0 aliphatic carbocycles. The topological polar surface area (TPSA) is 74.1 Å². The largest absolute Gasteiger partial charge is 0.357 e. The number of aromatic nitrogens is 4. The molecule has 0 amide bonds. The van der Waals surface area contributed by atoms with Crippen molar-refractivity contribution in [1.29, 1.82) is 0 Å². The van der Waals surface area contributed by atoms with Gasteiger partial charge in [0.05, 0.1) is 24.6 Å². The second-order valence-electron chi connectivity index (χ2n) is 6.47. The van der Waals surface area contributed by atoms with E-state index in [1.54, 1.807) is 0 Å². The minimum atomic E-state index is 0. The summed E-state index contributed by atoms with van der Waals surface area (Å²) in [4.78, 5) is 14.7. The average Bonchev–Trinajstić information content (AvgIpc) is 3.31. The van der Waals surface area contributed by atoms with E-state index in [1.165, 1.54) is 5.56 Å². The Hall–Kier alpha value is -2.36. The molecule has 150 valence electrons. The summed E-state index contributed by atoms with van der Waals surface area (Å²) in [5.74, 6) is 1.79. The maximum absolute atomic E-state index is 4.73. The Kier molecular flexibility index (Phi) is 8.49. The van der Waals surface area contributed by atoms with E-state index in [9.17, 15) is 0 Å². The van der Waals surface area contributed by atoms with Crippen molar-refractivity contribution in [3.63, 3.8) is 0 Å². The van der Waals surface area contributed by atoms with Gasteiger partial charge in [-0.15, -0.1) is 24.0 Å². The van der Waals surface area contributed by atoms with Crippen molar-refractivity contribution in [2.45, 2.75) is 19.9 Å². The standard InChI is InChI=1S/C20H27N7.HI/c1-4-21-20(22-11-10-16-12-24-27(3)14-16)26(2)15-19-23-13-18(25-19)17-8-6-5-7-9-17;/h5-9,12-14H,4,10-11,15H2,1-3H3,(H,21,22)(H,23,25);1H. The molecule has 2 N–H and O–H groups in total. The quantitative estimate of drug-likeness (QED) is 0.302. The molecule has 28 heavy (non-hydrogen) atoms. The predicted molar refractivity (Wildman–Crippen MR) is 124 cm³/mol. The number of halogens is 1. The predicted octanol–water partition coefficient (Wildman–Crippen LogP) is 3.07. The van der Waals surface area contributed by atoms with Crippen molar-refractivity contribution < 1.29 is 0 Å². The smallest absolute Gasteiger partial charge is 0.194 e. The molecule has 3 rings (SSSR count). The monoisotopic (exact) mass is 493 g/mol. The molecular formula is C20H28IN7. The lowest BCUT2D eigenvalue weighted by atomic mass is 10.2. The summed E-state index contributed by atoms with van der Waals surface area (Å²) >= 11 is 0. The zero-order chi connectivity index (χ0) is 19.1. The van der Waals surface area contributed by atoms with Gasteiger partial charge in [-0.05, 0) is 24.5 Å². The molecule has 0 saturated carbocycles. The molecule has 8 heteroatoms. The molecule has 0 aliphatic heterocycles. The van der Waals surface area contributed by atoms with Gasteiger partial charge in [0.1, 0.15) is 5.82 Å². The van der Waals surface area contributed by atoms with Crippen molar-refractivity contribution in [3.8, 4) is 11.3 Å². The van der Waals surface area contributed by atoms with Crippen molar-refractivity contribution in [2.75, 3.05) is 20.1 Å². The molecule has 2 aromatic heterocycles. The lowest BCUT2D eigenvalue weighted by Crippen LogP contribution is -2.38. The molecule has 7 nitrogen and oxygen atoms in total. The molecule has 0 unspecified atom stereocenters. The number of H-pyrrole nitrogens is 1. The molecule has 2 heterocycles. The Morgan fingerprint density at radius 3 is 2.71 bits per heavy atom. The van der Waals surface area contributed by atoms with E-state index in [-0.39, 0.29) is 24.0 Å². The molecule has 0 saturated heterocycles. The first-order chi connectivity index (χ1) is 13.2. The lowest BCUT2D eigenvalue weighted by molar-refractivity contribution is 0.464. The van der Waals surface area contributed by atoms with E-state index < -0.39 is 0 Å². The van der Waals surface area contributed by atoms with Crippen LogP contribution in [0.2, 0.25) is 0 Å². The highest BCUT2D eigenvalue weighted by Gasteiger charge is 2.10. The fraction of sp³-hybridized carbons (Fsp3) is 0.350. The molecule has 0 atom stereocenters. The zero-order valence-electron chi connectivity index (χ0n) is 16.6. The summed E-state index contributed by atoms with van der Waals surface area (Å²) in [5, 5.41) is 7.54. The van der Waals surface area contributed by atoms with Crippen LogP contribution in [0.5, 0.6) is 0 Å². The van der Waals surface area contributed by atoms with Crippen molar-refractivity contribution >= 4 is 29.9 Å². The first kappa shape index (κ1) is 21.9. The molecule has 3 aromatic rings. The van der Waals surface area contributed by atoms with Gasteiger partial charge in [-0.3, -0.25) is 9.67 Å². The summed E-state index contributed by atoms with van der Waals surface area (Å²) < 4.78 is 1.82. The van der Waals surface area contributed by atoms with Crippen LogP contribution in [0.15, 0.2) is 53.9 Å². The number of rotatable bonds is 7. The molecular weight excluding hydrogens is 465 g/mol. The molecule has 1 aromatic carbocycles. The Bertz CT molecular complexity index is 870. The third-order valence-electron chi connectivity index (χ3n) is 4.22. The number of aryl methyl sites for hydroxylation is 1. The lowest BCUT2D eigenvalue weighted by Gasteiger charge is -2.21. The van der Waals surface area contributed by atoms with E-state index in [4.69, 9.17) is 4.99 Å². The van der Waals surface area contributed by atoms with Gasteiger partial charge in [0, 0.05) is 33.4 Å². The number of aliphatic imine (C=N–C) groups is 1. The Balaban J connectivity index is 0.00000280. The Morgan fingerprint density at radius 2 is 2.04 bits per heavy atom. The zero-order valence-corrected chi connectivity index (χ0v) is 18.9.